The number of benzene rings is 1. The molecule has 1 aliphatic rings. The first-order chi connectivity index (χ1) is 6.72. The third kappa shape index (κ3) is 1.53. The average Bonchev–Trinajstić information content (AvgIpc) is 2.09. The molecular formula is C10H12ClNO2. The summed E-state index contributed by atoms with van der Waals surface area (Å²) < 4.78 is 5.09. The summed E-state index contributed by atoms with van der Waals surface area (Å²) in [4.78, 5) is 0. The van der Waals surface area contributed by atoms with E-state index in [1.165, 1.54) is 0 Å². The Bertz CT molecular complexity index is 350. The van der Waals surface area contributed by atoms with E-state index >= 15 is 0 Å². The first kappa shape index (κ1) is 9.62. The molecular weight excluding hydrogens is 202 g/mol. The number of methoxy groups -OCH3 is 1. The van der Waals surface area contributed by atoms with Crippen LogP contribution >= 0.6 is 11.6 Å². The first-order valence-electron chi connectivity index (χ1n) is 4.52. The van der Waals surface area contributed by atoms with E-state index in [0.717, 1.165) is 18.5 Å². The minimum Gasteiger partial charge on any atom is -0.506 e. The van der Waals surface area contributed by atoms with Gasteiger partial charge in [-0.1, -0.05) is 11.6 Å². The summed E-state index contributed by atoms with van der Waals surface area (Å²) in [6, 6.07) is 3.64. The molecule has 0 spiro atoms. The van der Waals surface area contributed by atoms with Gasteiger partial charge in [-0.15, -0.1) is 0 Å². The van der Waals surface area contributed by atoms with Crippen LogP contribution in [0.4, 0.5) is 0 Å². The second kappa shape index (κ2) is 3.67. The van der Waals surface area contributed by atoms with Crippen molar-refractivity contribution in [2.24, 2.45) is 0 Å². The van der Waals surface area contributed by atoms with Gasteiger partial charge in [0.25, 0.3) is 0 Å². The molecule has 2 N–H and O–H groups in total. The summed E-state index contributed by atoms with van der Waals surface area (Å²) in [7, 11) is 1.58. The van der Waals surface area contributed by atoms with Crippen molar-refractivity contribution in [2.75, 3.05) is 13.7 Å². The molecule has 0 aliphatic carbocycles. The fourth-order valence-corrected chi connectivity index (χ4v) is 1.75. The molecule has 1 saturated heterocycles. The van der Waals surface area contributed by atoms with Crippen molar-refractivity contribution in [2.45, 2.75) is 12.5 Å². The SMILES string of the molecule is COc1cc(Cl)c(O)c([C@H]2CCN2)c1. The van der Waals surface area contributed by atoms with Crippen LogP contribution in [0.3, 0.4) is 0 Å². The molecule has 0 radical (unpaired) electrons. The van der Waals surface area contributed by atoms with Gasteiger partial charge in [0.05, 0.1) is 12.1 Å². The molecule has 14 heavy (non-hydrogen) atoms. The van der Waals surface area contributed by atoms with Crippen LogP contribution in [-0.4, -0.2) is 18.8 Å². The monoisotopic (exact) mass is 213 g/mol. The summed E-state index contributed by atoms with van der Waals surface area (Å²) in [5, 5.41) is 13.3. The highest BCUT2D eigenvalue weighted by atomic mass is 35.5. The normalized spacial score (nSPS) is 20.3. The third-order valence-corrected chi connectivity index (χ3v) is 2.79. The predicted octanol–water partition coefficient (Wildman–Crippen LogP) is 2.09. The molecule has 3 nitrogen and oxygen atoms in total. The Hall–Kier alpha value is -0.930. The summed E-state index contributed by atoms with van der Waals surface area (Å²) in [5.41, 5.74) is 0.820. The van der Waals surface area contributed by atoms with Gasteiger partial charge in [0.15, 0.2) is 0 Å². The highest BCUT2D eigenvalue weighted by Crippen LogP contribution is 2.38. The summed E-state index contributed by atoms with van der Waals surface area (Å²) in [6.45, 7) is 0.985. The number of hydrogen-bond acceptors (Lipinski definition) is 3. The van der Waals surface area contributed by atoms with E-state index in [2.05, 4.69) is 5.32 Å². The van der Waals surface area contributed by atoms with Crippen LogP contribution in [0.15, 0.2) is 12.1 Å². The van der Waals surface area contributed by atoms with Crippen LogP contribution in [0.1, 0.15) is 18.0 Å². The van der Waals surface area contributed by atoms with Crippen molar-refractivity contribution < 1.29 is 9.84 Å². The van der Waals surface area contributed by atoms with E-state index in [9.17, 15) is 5.11 Å². The molecule has 0 aromatic heterocycles. The number of ether oxygens (including phenoxy) is 1. The van der Waals surface area contributed by atoms with Gasteiger partial charge in [0.2, 0.25) is 0 Å². The van der Waals surface area contributed by atoms with Crippen molar-refractivity contribution in [3.8, 4) is 11.5 Å². The smallest absolute Gasteiger partial charge is 0.139 e. The van der Waals surface area contributed by atoms with Crippen molar-refractivity contribution in [3.63, 3.8) is 0 Å². The Balaban J connectivity index is 2.40. The number of hydrogen-bond donors (Lipinski definition) is 2. The molecule has 2 rings (SSSR count). The lowest BCUT2D eigenvalue weighted by Gasteiger charge is -2.29. The Morgan fingerprint density at radius 2 is 2.29 bits per heavy atom. The number of aromatic hydroxyl groups is 1. The molecule has 0 saturated carbocycles. The van der Waals surface area contributed by atoms with Crippen LogP contribution < -0.4 is 10.1 Å². The zero-order valence-corrected chi connectivity index (χ0v) is 8.64. The van der Waals surface area contributed by atoms with Crippen LogP contribution in [0.25, 0.3) is 0 Å². The highest BCUT2D eigenvalue weighted by molar-refractivity contribution is 6.32. The molecule has 1 aliphatic heterocycles. The maximum absolute atomic E-state index is 9.73. The molecule has 1 atom stereocenters. The Morgan fingerprint density at radius 1 is 1.57 bits per heavy atom. The quantitative estimate of drug-likeness (QED) is 0.791. The van der Waals surface area contributed by atoms with Crippen molar-refractivity contribution in [3.05, 3.63) is 22.7 Å². The van der Waals surface area contributed by atoms with E-state index in [-0.39, 0.29) is 11.8 Å². The topological polar surface area (TPSA) is 41.5 Å². The molecule has 76 valence electrons. The summed E-state index contributed by atoms with van der Waals surface area (Å²) in [6.07, 6.45) is 1.02. The first-order valence-corrected chi connectivity index (χ1v) is 4.90. The fourth-order valence-electron chi connectivity index (χ4n) is 1.53. The van der Waals surface area contributed by atoms with Crippen LogP contribution in [0.5, 0.6) is 11.5 Å². The van der Waals surface area contributed by atoms with Gasteiger partial charge < -0.3 is 15.2 Å². The van der Waals surface area contributed by atoms with Crippen LogP contribution in [0.2, 0.25) is 5.02 Å². The number of rotatable bonds is 2. The maximum atomic E-state index is 9.73. The molecule has 1 aromatic carbocycles. The molecule has 4 heteroatoms. The molecule has 0 amide bonds. The van der Waals surface area contributed by atoms with Gasteiger partial charge in [-0.2, -0.15) is 0 Å². The van der Waals surface area contributed by atoms with Crippen molar-refractivity contribution in [1.82, 2.24) is 5.32 Å². The fraction of sp³-hybridized carbons (Fsp3) is 0.400. The van der Waals surface area contributed by atoms with Gasteiger partial charge in [0.1, 0.15) is 11.5 Å². The largest absolute Gasteiger partial charge is 0.506 e. The number of halogens is 1. The van der Waals surface area contributed by atoms with Crippen molar-refractivity contribution >= 4 is 11.6 Å². The predicted molar refractivity (Wildman–Crippen MR) is 55.0 cm³/mol. The standard InChI is InChI=1S/C10H12ClNO2/c1-14-6-4-7(9-2-3-12-9)10(13)8(11)5-6/h4-5,9,12-13H,2-3H2,1H3/t9-/m1/s1. The van der Waals surface area contributed by atoms with E-state index < -0.39 is 0 Å². The van der Waals surface area contributed by atoms with E-state index in [0.29, 0.717) is 10.8 Å². The second-order valence-electron chi connectivity index (χ2n) is 3.34. The Kier molecular flexibility index (Phi) is 2.52. The van der Waals surface area contributed by atoms with Gasteiger partial charge in [-0.25, -0.2) is 0 Å². The lowest BCUT2D eigenvalue weighted by atomic mass is 9.97. The zero-order chi connectivity index (χ0) is 10.1. The molecule has 0 bridgehead atoms. The molecule has 1 fully saturated rings. The average molecular weight is 214 g/mol. The molecule has 0 unspecified atom stereocenters. The summed E-state index contributed by atoms with van der Waals surface area (Å²) in [5.74, 6) is 0.834. The van der Waals surface area contributed by atoms with E-state index in [1.54, 1.807) is 13.2 Å². The Morgan fingerprint density at radius 3 is 2.79 bits per heavy atom. The van der Waals surface area contributed by atoms with E-state index in [1.807, 2.05) is 6.07 Å². The second-order valence-corrected chi connectivity index (χ2v) is 3.75. The highest BCUT2D eigenvalue weighted by Gasteiger charge is 2.23. The third-order valence-electron chi connectivity index (χ3n) is 2.50. The lowest BCUT2D eigenvalue weighted by molar-refractivity contribution is 0.359. The minimum atomic E-state index is 0.157. The van der Waals surface area contributed by atoms with Gasteiger partial charge in [-0.3, -0.25) is 0 Å². The number of nitrogens with one attached hydrogen (secondary N) is 1. The lowest BCUT2D eigenvalue weighted by Crippen LogP contribution is -2.34. The summed E-state index contributed by atoms with van der Waals surface area (Å²) >= 11 is 5.87. The molecule has 1 aromatic rings. The Labute approximate surface area is 87.6 Å². The van der Waals surface area contributed by atoms with Gasteiger partial charge in [-0.05, 0) is 19.0 Å². The molecule has 1 heterocycles. The minimum absolute atomic E-state index is 0.157. The number of phenols is 1. The van der Waals surface area contributed by atoms with Crippen LogP contribution in [0, 0.1) is 0 Å². The maximum Gasteiger partial charge on any atom is 0.139 e. The zero-order valence-electron chi connectivity index (χ0n) is 7.88. The van der Waals surface area contributed by atoms with Crippen molar-refractivity contribution in [1.29, 1.82) is 0 Å². The van der Waals surface area contributed by atoms with Gasteiger partial charge >= 0.3 is 0 Å². The van der Waals surface area contributed by atoms with Crippen LogP contribution in [-0.2, 0) is 0 Å². The van der Waals surface area contributed by atoms with E-state index in [4.69, 9.17) is 16.3 Å². The number of phenolic OH excluding ortho intramolecular Hbond substituents is 1. The van der Waals surface area contributed by atoms with Gasteiger partial charge in [0, 0.05) is 17.7 Å².